The van der Waals surface area contributed by atoms with Gasteiger partial charge in [0.25, 0.3) is 0 Å². The van der Waals surface area contributed by atoms with E-state index < -0.39 is 5.54 Å². The Morgan fingerprint density at radius 3 is 2.60 bits per heavy atom. The van der Waals surface area contributed by atoms with Crippen LogP contribution < -0.4 is 11.1 Å². The minimum absolute atomic E-state index is 0.198. The summed E-state index contributed by atoms with van der Waals surface area (Å²) >= 11 is 0. The molecule has 5 heteroatoms. The Morgan fingerprint density at radius 2 is 2.10 bits per heavy atom. The second-order valence-electron chi connectivity index (χ2n) is 6.60. The fraction of sp³-hybridized carbons (Fsp3) is 0.933. The van der Waals surface area contributed by atoms with Crippen molar-refractivity contribution in [2.75, 3.05) is 20.3 Å². The predicted molar refractivity (Wildman–Crippen MR) is 79.4 cm³/mol. The lowest BCUT2D eigenvalue weighted by Gasteiger charge is -2.33. The number of amides is 1. The lowest BCUT2D eigenvalue weighted by atomic mass is 9.95. The molecule has 0 saturated heterocycles. The molecule has 0 aliphatic heterocycles. The SMILES string of the molecule is COCCN(C1CC1)C1CCC(NC(C)C)(C(N)=O)C1. The molecule has 116 valence electrons. The van der Waals surface area contributed by atoms with Gasteiger partial charge in [0, 0.05) is 31.8 Å². The van der Waals surface area contributed by atoms with Crippen LogP contribution in [0.4, 0.5) is 0 Å². The van der Waals surface area contributed by atoms with Crippen LogP contribution in [-0.4, -0.2) is 54.7 Å². The van der Waals surface area contributed by atoms with Crippen LogP contribution in [0.15, 0.2) is 0 Å². The van der Waals surface area contributed by atoms with Crippen molar-refractivity contribution in [1.29, 1.82) is 0 Å². The summed E-state index contributed by atoms with van der Waals surface area (Å²) in [7, 11) is 1.74. The van der Waals surface area contributed by atoms with Crippen molar-refractivity contribution in [3.05, 3.63) is 0 Å². The Morgan fingerprint density at radius 1 is 1.40 bits per heavy atom. The molecule has 2 saturated carbocycles. The van der Waals surface area contributed by atoms with Gasteiger partial charge in [-0.15, -0.1) is 0 Å². The van der Waals surface area contributed by atoms with Crippen LogP contribution in [0.5, 0.6) is 0 Å². The average Bonchev–Trinajstić information content (AvgIpc) is 3.11. The standard InChI is InChI=1S/C15H29N3O2/c1-11(2)17-15(14(16)19)7-6-13(10-15)18(8-9-20-3)12-4-5-12/h11-13,17H,4-10H2,1-3H3,(H2,16,19). The third-order valence-corrected chi connectivity index (χ3v) is 4.56. The summed E-state index contributed by atoms with van der Waals surface area (Å²) in [4.78, 5) is 14.5. The largest absolute Gasteiger partial charge is 0.383 e. The van der Waals surface area contributed by atoms with Gasteiger partial charge in [-0.3, -0.25) is 9.69 Å². The second kappa shape index (κ2) is 6.41. The number of nitrogens with two attached hydrogens (primary N) is 1. The summed E-state index contributed by atoms with van der Waals surface area (Å²) < 4.78 is 5.22. The summed E-state index contributed by atoms with van der Waals surface area (Å²) in [6.07, 6.45) is 5.29. The fourth-order valence-corrected chi connectivity index (χ4v) is 3.55. The zero-order chi connectivity index (χ0) is 14.8. The minimum atomic E-state index is -0.515. The molecule has 0 aromatic carbocycles. The van der Waals surface area contributed by atoms with Gasteiger partial charge in [-0.1, -0.05) is 0 Å². The molecule has 5 nitrogen and oxygen atoms in total. The van der Waals surface area contributed by atoms with Crippen molar-refractivity contribution in [3.63, 3.8) is 0 Å². The van der Waals surface area contributed by atoms with Crippen molar-refractivity contribution in [2.45, 2.75) is 69.6 Å². The van der Waals surface area contributed by atoms with E-state index in [0.29, 0.717) is 12.1 Å². The molecule has 2 aliphatic carbocycles. The van der Waals surface area contributed by atoms with E-state index in [-0.39, 0.29) is 11.9 Å². The van der Waals surface area contributed by atoms with Gasteiger partial charge in [-0.2, -0.15) is 0 Å². The van der Waals surface area contributed by atoms with Crippen LogP contribution in [0.3, 0.4) is 0 Å². The Balaban J connectivity index is 2.02. The monoisotopic (exact) mass is 283 g/mol. The third-order valence-electron chi connectivity index (χ3n) is 4.56. The number of carbonyl (C=O) groups is 1. The zero-order valence-corrected chi connectivity index (χ0v) is 13.0. The highest BCUT2D eigenvalue weighted by Crippen LogP contribution is 2.38. The quantitative estimate of drug-likeness (QED) is 0.694. The molecular weight excluding hydrogens is 254 g/mol. The number of nitrogens with one attached hydrogen (secondary N) is 1. The van der Waals surface area contributed by atoms with Crippen molar-refractivity contribution in [3.8, 4) is 0 Å². The number of hydrogen-bond acceptors (Lipinski definition) is 4. The van der Waals surface area contributed by atoms with Crippen molar-refractivity contribution in [2.24, 2.45) is 5.73 Å². The van der Waals surface area contributed by atoms with Gasteiger partial charge in [0.15, 0.2) is 0 Å². The van der Waals surface area contributed by atoms with E-state index >= 15 is 0 Å². The normalized spacial score (nSPS) is 30.4. The molecule has 2 aliphatic rings. The second-order valence-corrected chi connectivity index (χ2v) is 6.60. The van der Waals surface area contributed by atoms with Crippen LogP contribution in [0.25, 0.3) is 0 Å². The molecule has 2 unspecified atom stereocenters. The number of methoxy groups -OCH3 is 1. The first-order valence-corrected chi connectivity index (χ1v) is 7.81. The number of carbonyl (C=O) groups excluding carboxylic acids is 1. The van der Waals surface area contributed by atoms with Crippen molar-refractivity contribution >= 4 is 5.91 Å². The predicted octanol–water partition coefficient (Wildman–Crippen LogP) is 0.872. The molecule has 2 atom stereocenters. The van der Waals surface area contributed by atoms with Crippen molar-refractivity contribution in [1.82, 2.24) is 10.2 Å². The van der Waals surface area contributed by atoms with E-state index in [2.05, 4.69) is 24.1 Å². The third kappa shape index (κ3) is 3.51. The maximum atomic E-state index is 11.9. The van der Waals surface area contributed by atoms with Gasteiger partial charge >= 0.3 is 0 Å². The summed E-state index contributed by atoms with van der Waals surface area (Å²) in [6.45, 7) is 5.86. The number of ether oxygens (including phenoxy) is 1. The average molecular weight is 283 g/mol. The van der Waals surface area contributed by atoms with E-state index in [1.54, 1.807) is 7.11 Å². The van der Waals surface area contributed by atoms with E-state index in [4.69, 9.17) is 10.5 Å². The van der Waals surface area contributed by atoms with E-state index in [1.807, 2.05) is 0 Å². The maximum absolute atomic E-state index is 11.9. The molecule has 0 aromatic heterocycles. The van der Waals surface area contributed by atoms with Crippen LogP contribution in [-0.2, 0) is 9.53 Å². The van der Waals surface area contributed by atoms with Crippen LogP contribution in [0, 0.1) is 0 Å². The number of primary amides is 1. The first-order chi connectivity index (χ1) is 9.48. The van der Waals surface area contributed by atoms with Crippen molar-refractivity contribution < 1.29 is 9.53 Å². The Kier molecular flexibility index (Phi) is 5.04. The lowest BCUT2D eigenvalue weighted by molar-refractivity contribution is -0.124. The molecule has 2 rings (SSSR count). The highest BCUT2D eigenvalue weighted by atomic mass is 16.5. The first kappa shape index (κ1) is 15.7. The molecule has 3 N–H and O–H groups in total. The van der Waals surface area contributed by atoms with Crippen LogP contribution in [0.1, 0.15) is 46.0 Å². The molecule has 0 bridgehead atoms. The van der Waals surface area contributed by atoms with Gasteiger partial charge < -0.3 is 15.8 Å². The minimum Gasteiger partial charge on any atom is -0.383 e. The van der Waals surface area contributed by atoms with Crippen LogP contribution >= 0.6 is 0 Å². The van der Waals surface area contributed by atoms with Gasteiger partial charge in [0.1, 0.15) is 0 Å². The van der Waals surface area contributed by atoms with E-state index in [9.17, 15) is 4.79 Å². The van der Waals surface area contributed by atoms with E-state index in [0.717, 1.165) is 32.4 Å². The lowest BCUT2D eigenvalue weighted by Crippen LogP contribution is -2.57. The topological polar surface area (TPSA) is 67.6 Å². The molecule has 0 heterocycles. The zero-order valence-electron chi connectivity index (χ0n) is 13.0. The number of nitrogens with zero attached hydrogens (tertiary/aromatic N) is 1. The fourth-order valence-electron chi connectivity index (χ4n) is 3.55. The highest BCUT2D eigenvalue weighted by Gasteiger charge is 2.47. The summed E-state index contributed by atoms with van der Waals surface area (Å²) in [6, 6.07) is 1.42. The molecule has 1 amide bonds. The molecule has 0 spiro atoms. The van der Waals surface area contributed by atoms with Gasteiger partial charge in [-0.05, 0) is 46.0 Å². The Bertz CT molecular complexity index is 344. The number of rotatable bonds is 8. The molecule has 2 fully saturated rings. The maximum Gasteiger partial charge on any atom is 0.237 e. The highest BCUT2D eigenvalue weighted by molar-refractivity contribution is 5.85. The Labute approximate surface area is 122 Å². The summed E-state index contributed by atoms with van der Waals surface area (Å²) in [5.41, 5.74) is 5.18. The van der Waals surface area contributed by atoms with Crippen LogP contribution in [0.2, 0.25) is 0 Å². The Hall–Kier alpha value is -0.650. The summed E-state index contributed by atoms with van der Waals surface area (Å²) in [5, 5.41) is 3.42. The van der Waals surface area contributed by atoms with Gasteiger partial charge in [-0.25, -0.2) is 0 Å². The molecule has 0 aromatic rings. The van der Waals surface area contributed by atoms with E-state index in [1.165, 1.54) is 12.8 Å². The molecule has 20 heavy (non-hydrogen) atoms. The van der Waals surface area contributed by atoms with Gasteiger partial charge in [0.2, 0.25) is 5.91 Å². The number of hydrogen-bond donors (Lipinski definition) is 2. The smallest absolute Gasteiger partial charge is 0.237 e. The van der Waals surface area contributed by atoms with Gasteiger partial charge in [0.05, 0.1) is 12.1 Å². The molecule has 0 radical (unpaired) electrons. The summed E-state index contributed by atoms with van der Waals surface area (Å²) in [5.74, 6) is -0.198. The molecular formula is C15H29N3O2. The first-order valence-electron chi connectivity index (χ1n) is 7.81.